The van der Waals surface area contributed by atoms with E-state index in [1.165, 1.54) is 0 Å². The zero-order valence-electron chi connectivity index (χ0n) is 11.3. The molecule has 104 valence electrons. The lowest BCUT2D eigenvalue weighted by atomic mass is 10.1. The van der Waals surface area contributed by atoms with Crippen LogP contribution in [0.3, 0.4) is 0 Å². The third-order valence-corrected chi connectivity index (χ3v) is 3.56. The van der Waals surface area contributed by atoms with Crippen molar-refractivity contribution in [3.05, 3.63) is 23.8 Å². The van der Waals surface area contributed by atoms with E-state index in [2.05, 4.69) is 5.32 Å². The summed E-state index contributed by atoms with van der Waals surface area (Å²) in [6.07, 6.45) is 3.04. The van der Waals surface area contributed by atoms with Crippen LogP contribution in [0.5, 0.6) is 5.75 Å². The van der Waals surface area contributed by atoms with Gasteiger partial charge in [0.05, 0.1) is 18.8 Å². The monoisotopic (exact) mass is 264 g/mol. The zero-order valence-corrected chi connectivity index (χ0v) is 11.3. The van der Waals surface area contributed by atoms with Crippen LogP contribution in [-0.4, -0.2) is 32.3 Å². The minimum atomic E-state index is -0.137. The number of nitrogens with one attached hydrogen (secondary N) is 1. The van der Waals surface area contributed by atoms with Crippen LogP contribution in [-0.2, 0) is 4.74 Å². The molecule has 2 rings (SSSR count). The number of methoxy groups -OCH3 is 2. The maximum atomic E-state index is 12.1. The van der Waals surface area contributed by atoms with Crippen molar-refractivity contribution in [2.24, 2.45) is 0 Å². The summed E-state index contributed by atoms with van der Waals surface area (Å²) < 4.78 is 10.4. The molecule has 2 unspecified atom stereocenters. The molecule has 2 atom stereocenters. The van der Waals surface area contributed by atoms with E-state index in [1.54, 1.807) is 32.4 Å². The van der Waals surface area contributed by atoms with Crippen molar-refractivity contribution in [2.45, 2.75) is 31.4 Å². The van der Waals surface area contributed by atoms with Gasteiger partial charge < -0.3 is 20.5 Å². The highest BCUT2D eigenvalue weighted by Crippen LogP contribution is 2.23. The molecule has 0 radical (unpaired) electrons. The molecule has 3 N–H and O–H groups in total. The van der Waals surface area contributed by atoms with E-state index >= 15 is 0 Å². The Morgan fingerprint density at radius 1 is 1.37 bits per heavy atom. The maximum Gasteiger partial charge on any atom is 0.253 e. The molecule has 1 aromatic rings. The van der Waals surface area contributed by atoms with E-state index in [-0.39, 0.29) is 18.1 Å². The normalized spacial score (nSPS) is 22.2. The van der Waals surface area contributed by atoms with E-state index in [0.717, 1.165) is 19.3 Å². The van der Waals surface area contributed by atoms with Crippen molar-refractivity contribution in [3.8, 4) is 5.75 Å². The Kier molecular flexibility index (Phi) is 4.27. The van der Waals surface area contributed by atoms with Crippen molar-refractivity contribution in [1.29, 1.82) is 0 Å². The molecule has 0 bridgehead atoms. The summed E-state index contributed by atoms with van der Waals surface area (Å²) in [6, 6.07) is 5.24. The Morgan fingerprint density at radius 2 is 2.16 bits per heavy atom. The summed E-state index contributed by atoms with van der Waals surface area (Å²) in [6.45, 7) is 0. The van der Waals surface area contributed by atoms with Gasteiger partial charge in [0.15, 0.2) is 0 Å². The van der Waals surface area contributed by atoms with Gasteiger partial charge in [-0.05, 0) is 31.4 Å². The van der Waals surface area contributed by atoms with Gasteiger partial charge in [-0.15, -0.1) is 0 Å². The largest absolute Gasteiger partial charge is 0.497 e. The number of hydrogen-bond acceptors (Lipinski definition) is 4. The van der Waals surface area contributed by atoms with E-state index in [0.29, 0.717) is 17.0 Å². The lowest BCUT2D eigenvalue weighted by molar-refractivity contribution is 0.0916. The smallest absolute Gasteiger partial charge is 0.253 e. The van der Waals surface area contributed by atoms with Crippen LogP contribution < -0.4 is 15.8 Å². The molecule has 0 heterocycles. The number of nitrogen functional groups attached to an aromatic ring is 1. The van der Waals surface area contributed by atoms with E-state index in [4.69, 9.17) is 15.2 Å². The molecular weight excluding hydrogens is 244 g/mol. The maximum absolute atomic E-state index is 12.1. The third kappa shape index (κ3) is 3.17. The molecule has 1 aliphatic rings. The first-order valence-electron chi connectivity index (χ1n) is 6.41. The van der Waals surface area contributed by atoms with Gasteiger partial charge in [-0.1, -0.05) is 0 Å². The third-order valence-electron chi connectivity index (χ3n) is 3.56. The van der Waals surface area contributed by atoms with Gasteiger partial charge >= 0.3 is 0 Å². The molecule has 5 heteroatoms. The molecule has 1 aromatic carbocycles. The fourth-order valence-corrected chi connectivity index (χ4v) is 2.42. The number of carbonyl (C=O) groups is 1. The second-order valence-corrected chi connectivity index (χ2v) is 4.79. The Hall–Kier alpha value is -1.75. The van der Waals surface area contributed by atoms with Crippen LogP contribution >= 0.6 is 0 Å². The summed E-state index contributed by atoms with van der Waals surface area (Å²) in [5, 5.41) is 3.00. The number of benzene rings is 1. The number of carbonyl (C=O) groups excluding carboxylic acids is 1. The van der Waals surface area contributed by atoms with Crippen molar-refractivity contribution >= 4 is 11.6 Å². The van der Waals surface area contributed by atoms with E-state index in [9.17, 15) is 4.79 Å². The molecular formula is C14H20N2O3. The molecule has 0 saturated heterocycles. The van der Waals surface area contributed by atoms with Gasteiger partial charge in [-0.3, -0.25) is 4.79 Å². The van der Waals surface area contributed by atoms with Crippen LogP contribution in [0.2, 0.25) is 0 Å². The predicted molar refractivity (Wildman–Crippen MR) is 73.3 cm³/mol. The minimum absolute atomic E-state index is 0.137. The second kappa shape index (κ2) is 5.93. The standard InChI is InChI=1S/C14H20N2O3/c1-18-10-4-3-9(7-10)16-14(17)12-6-5-11(19-2)8-13(12)15/h5-6,8-10H,3-4,7,15H2,1-2H3,(H,16,17). The van der Waals surface area contributed by atoms with Crippen LogP contribution in [0.1, 0.15) is 29.6 Å². The van der Waals surface area contributed by atoms with Crippen molar-refractivity contribution < 1.29 is 14.3 Å². The Bertz CT molecular complexity index is 462. The number of rotatable bonds is 4. The highest BCUT2D eigenvalue weighted by Gasteiger charge is 2.26. The van der Waals surface area contributed by atoms with Gasteiger partial charge in [-0.2, -0.15) is 0 Å². The summed E-state index contributed by atoms with van der Waals surface area (Å²) in [5.74, 6) is 0.510. The Morgan fingerprint density at radius 3 is 2.74 bits per heavy atom. The average molecular weight is 264 g/mol. The van der Waals surface area contributed by atoms with Gasteiger partial charge in [0.2, 0.25) is 0 Å². The fourth-order valence-electron chi connectivity index (χ4n) is 2.42. The summed E-state index contributed by atoms with van der Waals surface area (Å²) >= 11 is 0. The first kappa shape index (κ1) is 13.7. The number of ether oxygens (including phenoxy) is 2. The first-order chi connectivity index (χ1) is 9.13. The molecule has 1 saturated carbocycles. The summed E-state index contributed by atoms with van der Waals surface area (Å²) in [7, 11) is 3.27. The average Bonchev–Trinajstić information content (AvgIpc) is 2.86. The second-order valence-electron chi connectivity index (χ2n) is 4.79. The van der Waals surface area contributed by atoms with E-state index < -0.39 is 0 Å². The lowest BCUT2D eigenvalue weighted by Gasteiger charge is -2.14. The van der Waals surface area contributed by atoms with Crippen molar-refractivity contribution in [1.82, 2.24) is 5.32 Å². The van der Waals surface area contributed by atoms with Crippen LogP contribution in [0.4, 0.5) is 5.69 Å². The Balaban J connectivity index is 2.00. The molecule has 0 aliphatic heterocycles. The molecule has 19 heavy (non-hydrogen) atoms. The highest BCUT2D eigenvalue weighted by atomic mass is 16.5. The predicted octanol–water partition coefficient (Wildman–Crippen LogP) is 1.57. The number of nitrogens with two attached hydrogens (primary N) is 1. The molecule has 5 nitrogen and oxygen atoms in total. The lowest BCUT2D eigenvalue weighted by Crippen LogP contribution is -2.33. The quantitative estimate of drug-likeness (QED) is 0.810. The van der Waals surface area contributed by atoms with Crippen molar-refractivity contribution in [3.63, 3.8) is 0 Å². The topological polar surface area (TPSA) is 73.6 Å². The Labute approximate surface area is 113 Å². The van der Waals surface area contributed by atoms with Crippen molar-refractivity contribution in [2.75, 3.05) is 20.0 Å². The summed E-state index contributed by atoms with van der Waals surface area (Å²) in [5.41, 5.74) is 6.78. The van der Waals surface area contributed by atoms with Gasteiger partial charge in [-0.25, -0.2) is 0 Å². The number of anilines is 1. The van der Waals surface area contributed by atoms with Crippen LogP contribution in [0, 0.1) is 0 Å². The van der Waals surface area contributed by atoms with Crippen LogP contribution in [0.25, 0.3) is 0 Å². The highest BCUT2D eigenvalue weighted by molar-refractivity contribution is 5.99. The fraction of sp³-hybridized carbons (Fsp3) is 0.500. The molecule has 1 amide bonds. The minimum Gasteiger partial charge on any atom is -0.497 e. The number of amides is 1. The number of hydrogen-bond donors (Lipinski definition) is 2. The molecule has 0 aromatic heterocycles. The van der Waals surface area contributed by atoms with Crippen LogP contribution in [0.15, 0.2) is 18.2 Å². The molecule has 0 spiro atoms. The SMILES string of the molecule is COc1ccc(C(=O)NC2CCC(OC)C2)c(N)c1. The van der Waals surface area contributed by atoms with E-state index in [1.807, 2.05) is 0 Å². The van der Waals surface area contributed by atoms with Gasteiger partial charge in [0, 0.05) is 24.9 Å². The van der Waals surface area contributed by atoms with Gasteiger partial charge in [0.25, 0.3) is 5.91 Å². The summed E-state index contributed by atoms with van der Waals surface area (Å²) in [4.78, 5) is 12.1. The van der Waals surface area contributed by atoms with Gasteiger partial charge in [0.1, 0.15) is 5.75 Å². The first-order valence-corrected chi connectivity index (χ1v) is 6.41. The molecule has 1 fully saturated rings. The zero-order chi connectivity index (χ0) is 13.8. The molecule has 1 aliphatic carbocycles.